The number of rotatable bonds is 6. The highest BCUT2D eigenvalue weighted by Gasteiger charge is 2.42. The SMILES string of the molecule is C[Si](C)(C)c1c(F)cc(CC(=O)[C@H]2c3ccc4c(c3CCN2C(=O)N2CC(CC(=O)O)C2)OCC4)cc1F. The van der Waals surface area contributed by atoms with E-state index in [0.717, 1.165) is 23.3 Å². The number of benzene rings is 2. The first-order chi connectivity index (χ1) is 17.9. The van der Waals surface area contributed by atoms with E-state index in [1.807, 2.05) is 31.8 Å². The molecule has 2 amide bonds. The summed E-state index contributed by atoms with van der Waals surface area (Å²) < 4.78 is 35.7. The number of ketones is 1. The average molecular weight is 543 g/mol. The van der Waals surface area contributed by atoms with Crippen molar-refractivity contribution in [3.05, 3.63) is 58.2 Å². The van der Waals surface area contributed by atoms with E-state index >= 15 is 0 Å². The molecule has 38 heavy (non-hydrogen) atoms. The van der Waals surface area contributed by atoms with E-state index in [4.69, 9.17) is 9.84 Å². The minimum atomic E-state index is -2.27. The standard InChI is InChI=1S/C28H32F2N2O5Si/c1-38(2,3)27-21(29)10-16(11-22(27)30)12-23(33)25-19-5-4-18-7-9-37-26(18)20(19)6-8-32(25)28(36)31-14-17(15-31)13-24(34)35/h4-5,10-11,17,25H,6-9,12-15H2,1-3H3,(H,34,35)/t25-/m1/s1. The van der Waals surface area contributed by atoms with Crippen LogP contribution in [-0.4, -0.2) is 67.0 Å². The fraction of sp³-hybridized carbons (Fsp3) is 0.464. The lowest BCUT2D eigenvalue weighted by Crippen LogP contribution is -2.57. The Bertz CT molecular complexity index is 1300. The van der Waals surface area contributed by atoms with Crippen molar-refractivity contribution in [2.45, 2.75) is 51.4 Å². The molecule has 2 aromatic rings. The van der Waals surface area contributed by atoms with Gasteiger partial charge in [0.15, 0.2) is 5.78 Å². The Morgan fingerprint density at radius 2 is 1.76 bits per heavy atom. The van der Waals surface area contributed by atoms with Crippen LogP contribution in [0.5, 0.6) is 5.75 Å². The first kappa shape index (κ1) is 26.3. The first-order valence-electron chi connectivity index (χ1n) is 13.0. The molecule has 3 heterocycles. The number of carboxylic acids is 1. The molecule has 0 bridgehead atoms. The quantitative estimate of drug-likeness (QED) is 0.563. The molecular formula is C28H32F2N2O5Si. The van der Waals surface area contributed by atoms with E-state index in [0.29, 0.717) is 38.2 Å². The number of fused-ring (bicyclic) bond motifs is 3. The Hall–Kier alpha value is -3.27. The Morgan fingerprint density at radius 3 is 2.39 bits per heavy atom. The van der Waals surface area contributed by atoms with Crippen molar-refractivity contribution in [3.63, 3.8) is 0 Å². The van der Waals surface area contributed by atoms with Crippen molar-refractivity contribution in [2.24, 2.45) is 5.92 Å². The van der Waals surface area contributed by atoms with Gasteiger partial charge in [-0.3, -0.25) is 9.59 Å². The molecule has 0 radical (unpaired) electrons. The zero-order valence-electron chi connectivity index (χ0n) is 21.9. The number of aliphatic carboxylic acids is 1. The normalized spacial score (nSPS) is 18.9. The first-order valence-corrected chi connectivity index (χ1v) is 16.5. The van der Waals surface area contributed by atoms with Gasteiger partial charge in [-0.25, -0.2) is 13.6 Å². The lowest BCUT2D eigenvalue weighted by molar-refractivity contribution is -0.139. The zero-order valence-corrected chi connectivity index (χ0v) is 22.9. The minimum Gasteiger partial charge on any atom is -0.493 e. The van der Waals surface area contributed by atoms with Gasteiger partial charge >= 0.3 is 12.0 Å². The number of halogens is 2. The lowest BCUT2D eigenvalue weighted by atomic mass is 9.86. The van der Waals surface area contributed by atoms with E-state index in [1.165, 1.54) is 17.0 Å². The van der Waals surface area contributed by atoms with Gasteiger partial charge in [-0.05, 0) is 35.2 Å². The number of nitrogens with zero attached hydrogens (tertiary/aromatic N) is 2. The number of urea groups is 1. The van der Waals surface area contributed by atoms with Crippen LogP contribution in [0, 0.1) is 17.6 Å². The number of likely N-dealkylation sites (tertiary alicyclic amines) is 1. The van der Waals surface area contributed by atoms with Gasteiger partial charge in [0.2, 0.25) is 0 Å². The van der Waals surface area contributed by atoms with E-state index in [9.17, 15) is 23.2 Å². The summed E-state index contributed by atoms with van der Waals surface area (Å²) in [7, 11) is -2.27. The van der Waals surface area contributed by atoms with E-state index in [1.54, 1.807) is 4.90 Å². The van der Waals surface area contributed by atoms with Crippen LogP contribution in [0.3, 0.4) is 0 Å². The predicted octanol–water partition coefficient (Wildman–Crippen LogP) is 3.68. The van der Waals surface area contributed by atoms with Crippen molar-refractivity contribution in [1.29, 1.82) is 0 Å². The Labute approximate surface area is 221 Å². The van der Waals surface area contributed by atoms with Gasteiger partial charge in [0.05, 0.1) is 21.1 Å². The van der Waals surface area contributed by atoms with Crippen LogP contribution in [0.25, 0.3) is 0 Å². The van der Waals surface area contributed by atoms with Gasteiger partial charge in [0, 0.05) is 49.1 Å². The number of hydrogen-bond donors (Lipinski definition) is 1. The topological polar surface area (TPSA) is 87.2 Å². The Balaban J connectivity index is 1.45. The minimum absolute atomic E-state index is 0.0109. The summed E-state index contributed by atoms with van der Waals surface area (Å²) >= 11 is 0. The maximum Gasteiger partial charge on any atom is 0.320 e. The smallest absolute Gasteiger partial charge is 0.320 e. The summed E-state index contributed by atoms with van der Waals surface area (Å²) in [5.74, 6) is -1.86. The van der Waals surface area contributed by atoms with Crippen molar-refractivity contribution < 1.29 is 33.0 Å². The van der Waals surface area contributed by atoms with Gasteiger partial charge in [0.1, 0.15) is 23.4 Å². The molecule has 0 aliphatic carbocycles. The molecule has 7 nitrogen and oxygen atoms in total. The molecule has 202 valence electrons. The van der Waals surface area contributed by atoms with Crippen LogP contribution >= 0.6 is 0 Å². The van der Waals surface area contributed by atoms with Crippen LogP contribution < -0.4 is 9.92 Å². The third-order valence-corrected chi connectivity index (χ3v) is 9.65. The van der Waals surface area contributed by atoms with E-state index in [2.05, 4.69) is 0 Å². The highest BCUT2D eigenvalue weighted by molar-refractivity contribution is 6.88. The molecule has 1 saturated heterocycles. The third kappa shape index (κ3) is 4.81. The maximum atomic E-state index is 14.9. The number of carbonyl (C=O) groups is 3. The second-order valence-corrected chi connectivity index (χ2v) is 16.5. The predicted molar refractivity (Wildman–Crippen MR) is 140 cm³/mol. The summed E-state index contributed by atoms with van der Waals surface area (Å²) in [4.78, 5) is 41.4. The molecule has 0 spiro atoms. The molecule has 0 aromatic heterocycles. The summed E-state index contributed by atoms with van der Waals surface area (Å²) in [6.07, 6.45) is 1.06. The molecule has 5 rings (SSSR count). The molecule has 1 N–H and O–H groups in total. The second-order valence-electron chi connectivity index (χ2n) is 11.5. The van der Waals surface area contributed by atoms with Crippen molar-refractivity contribution in [1.82, 2.24) is 9.80 Å². The Kier molecular flexibility index (Phi) is 6.79. The maximum absolute atomic E-state index is 14.9. The molecule has 10 heteroatoms. The van der Waals surface area contributed by atoms with Gasteiger partial charge in [-0.1, -0.05) is 31.8 Å². The molecule has 2 aromatic carbocycles. The lowest BCUT2D eigenvalue weighted by Gasteiger charge is -2.45. The van der Waals surface area contributed by atoms with Crippen molar-refractivity contribution in [3.8, 4) is 5.75 Å². The number of amides is 2. The summed E-state index contributed by atoms with van der Waals surface area (Å²) in [5, 5.41) is 9.15. The van der Waals surface area contributed by atoms with Crippen LogP contribution in [0.15, 0.2) is 24.3 Å². The molecular weight excluding hydrogens is 510 g/mol. The largest absolute Gasteiger partial charge is 0.493 e. The molecule has 0 unspecified atom stereocenters. The van der Waals surface area contributed by atoms with E-state index in [-0.39, 0.29) is 41.3 Å². The average Bonchev–Trinajstić information content (AvgIpc) is 3.27. The monoisotopic (exact) mass is 542 g/mol. The van der Waals surface area contributed by atoms with Gasteiger partial charge in [0.25, 0.3) is 0 Å². The van der Waals surface area contributed by atoms with Gasteiger partial charge < -0.3 is 19.6 Å². The fourth-order valence-corrected chi connectivity index (χ4v) is 7.53. The van der Waals surface area contributed by atoms with Crippen LogP contribution in [0.2, 0.25) is 19.6 Å². The van der Waals surface area contributed by atoms with Crippen molar-refractivity contribution >= 4 is 31.0 Å². The summed E-state index contributed by atoms with van der Waals surface area (Å²) in [6.45, 7) is 7.07. The number of Topliss-reactive ketones (excluding diaryl/α,β-unsaturated/α-hetero) is 1. The third-order valence-electron chi connectivity index (χ3n) is 7.68. The highest BCUT2D eigenvalue weighted by Crippen LogP contribution is 2.41. The summed E-state index contributed by atoms with van der Waals surface area (Å²) in [5.41, 5.74) is 2.88. The molecule has 1 fully saturated rings. The van der Waals surface area contributed by atoms with Gasteiger partial charge in [-0.15, -0.1) is 0 Å². The fourth-order valence-electron chi connectivity index (χ4n) is 5.95. The number of carboxylic acid groups (broad SMARTS) is 1. The van der Waals surface area contributed by atoms with Crippen LogP contribution in [0.1, 0.15) is 34.7 Å². The second kappa shape index (κ2) is 9.80. The highest BCUT2D eigenvalue weighted by atomic mass is 28.3. The molecule has 3 aliphatic heterocycles. The van der Waals surface area contributed by atoms with Crippen molar-refractivity contribution in [2.75, 3.05) is 26.2 Å². The molecule has 3 aliphatic rings. The number of ether oxygens (including phenoxy) is 1. The van der Waals surface area contributed by atoms with E-state index < -0.39 is 31.7 Å². The number of hydrogen-bond acceptors (Lipinski definition) is 4. The van der Waals surface area contributed by atoms with Gasteiger partial charge in [-0.2, -0.15) is 0 Å². The van der Waals surface area contributed by atoms with Crippen LogP contribution in [0.4, 0.5) is 13.6 Å². The molecule has 1 atom stereocenters. The Morgan fingerprint density at radius 1 is 1.08 bits per heavy atom. The zero-order chi connectivity index (χ0) is 27.4. The van der Waals surface area contributed by atoms with Crippen LogP contribution in [-0.2, 0) is 28.9 Å². The number of carbonyl (C=O) groups excluding carboxylic acids is 2. The summed E-state index contributed by atoms with van der Waals surface area (Å²) in [6, 6.07) is 5.00. The molecule has 0 saturated carbocycles.